The molecule has 0 aliphatic heterocycles. The molecule has 1 aromatic rings. The lowest BCUT2D eigenvalue weighted by molar-refractivity contribution is 0.0749. The van der Waals surface area contributed by atoms with Crippen LogP contribution in [-0.4, -0.2) is 20.6 Å². The highest BCUT2D eigenvalue weighted by Crippen LogP contribution is 2.10. The van der Waals surface area contributed by atoms with Gasteiger partial charge in [-0.15, -0.1) is 0 Å². The molecule has 0 bridgehead atoms. The second-order valence-corrected chi connectivity index (χ2v) is 4.75. The fourth-order valence-electron chi connectivity index (χ4n) is 0.669. The number of hydrogen-bond acceptors (Lipinski definition) is 4. The molecule has 0 aliphatic carbocycles. The summed E-state index contributed by atoms with van der Waals surface area (Å²) in [4.78, 5) is 11.1. The highest BCUT2D eigenvalue weighted by atomic mass is 32.2. The first-order chi connectivity index (χ1) is 5.99. The van der Waals surface area contributed by atoms with Crippen molar-refractivity contribution in [2.45, 2.75) is 0 Å². The van der Waals surface area contributed by atoms with E-state index in [0.29, 0.717) is 0 Å². The Kier molecular flexibility index (Phi) is 3.01. The van der Waals surface area contributed by atoms with Gasteiger partial charge in [-0.1, -0.05) is 14.3 Å². The van der Waals surface area contributed by atoms with E-state index in [1.165, 1.54) is 6.07 Å². The Labute approximate surface area is 77.8 Å². The van der Waals surface area contributed by atoms with Crippen LogP contribution in [0.4, 0.5) is 0 Å². The van der Waals surface area contributed by atoms with E-state index >= 15 is 0 Å². The molecule has 13 heavy (non-hydrogen) atoms. The molecule has 0 saturated heterocycles. The predicted octanol–water partition coefficient (Wildman–Crippen LogP) is 1.38. The van der Waals surface area contributed by atoms with Crippen molar-refractivity contribution < 1.29 is 17.4 Å². The van der Waals surface area contributed by atoms with Gasteiger partial charge in [0.25, 0.3) is 0 Å². The number of hydrogen-bond donors (Lipinski definition) is 0. The second-order valence-electron chi connectivity index (χ2n) is 2.32. The Morgan fingerprint density at radius 3 is 2.69 bits per heavy atom. The van der Waals surface area contributed by atoms with Gasteiger partial charge in [0, 0.05) is 0 Å². The van der Waals surface area contributed by atoms with E-state index in [1.54, 1.807) is 11.9 Å². The normalized spacial score (nSPS) is 11.5. The Morgan fingerprint density at radius 2 is 2.23 bits per heavy atom. The minimum Gasteiger partial charge on any atom is -0.341 e. The highest BCUT2D eigenvalue weighted by Gasteiger charge is 2.12. The molecule has 0 saturated carbocycles. The van der Waals surface area contributed by atoms with E-state index in [0.717, 1.165) is 14.4 Å². The smallest absolute Gasteiger partial charge is 0.341 e. The van der Waals surface area contributed by atoms with E-state index in [2.05, 4.69) is 4.18 Å². The molecule has 0 aromatic carbocycles. The van der Waals surface area contributed by atoms with Gasteiger partial charge in [-0.2, -0.15) is 8.42 Å². The van der Waals surface area contributed by atoms with Gasteiger partial charge in [-0.25, -0.2) is 4.79 Å². The zero-order valence-electron chi connectivity index (χ0n) is 6.80. The van der Waals surface area contributed by atoms with E-state index < -0.39 is 16.1 Å². The molecule has 0 aliphatic rings. The van der Waals surface area contributed by atoms with Crippen LogP contribution in [0.1, 0.15) is 10.4 Å². The molecule has 1 heterocycles. The van der Waals surface area contributed by atoms with Crippen LogP contribution in [0.25, 0.3) is 0 Å². The summed E-state index contributed by atoms with van der Waals surface area (Å²) >= 11 is 0. The largest absolute Gasteiger partial charge is 0.354 e. The van der Waals surface area contributed by atoms with Crippen molar-refractivity contribution in [2.24, 2.45) is 0 Å². The summed E-state index contributed by atoms with van der Waals surface area (Å²) in [5, 5.41) is 0. The van der Waals surface area contributed by atoms with E-state index in [9.17, 15) is 13.2 Å². The first-order valence-corrected chi connectivity index (χ1v) is 6.18. The third kappa shape index (κ3) is 3.53. The molecule has 6 heteroatoms. The summed E-state index contributed by atoms with van der Waals surface area (Å²) in [5.41, 5.74) is 0.259. The molecule has 0 spiro atoms. The zero-order chi connectivity index (χ0) is 9.90. The van der Waals surface area contributed by atoms with E-state index in [1.807, 2.05) is 5.80 Å². The van der Waals surface area contributed by atoms with Crippen molar-refractivity contribution in [3.05, 3.63) is 29.3 Å². The summed E-state index contributed by atoms with van der Waals surface area (Å²) in [6.45, 7) is 0. The number of rotatable bonds is 2. The summed E-state index contributed by atoms with van der Waals surface area (Å²) in [5.74, 6) is 2.56. The molecule has 0 fully saturated rings. The van der Waals surface area contributed by atoms with Crippen molar-refractivity contribution in [3.8, 4) is 0 Å². The zero-order valence-corrected chi connectivity index (χ0v) is 8.51. The Hall–Kier alpha value is -0.930. The van der Waals surface area contributed by atoms with Crippen LogP contribution in [0.2, 0.25) is 0 Å². The highest BCUT2D eigenvalue weighted by molar-refractivity contribution is 7.86. The average molecular weight is 218 g/mol. The fraction of sp³-hybridized carbons (Fsp3) is 0.143. The predicted molar refractivity (Wildman–Crippen MR) is 49.2 cm³/mol. The van der Waals surface area contributed by atoms with Crippen LogP contribution in [0, 0.1) is 0 Å². The standard InChI is InChI=1S/C7H7O4PS/c1-13(9,10)11-7(8)6-3-2-4-12-5-6/h2-5H,1H3. The molecular formula is C7H7O4PS. The maximum Gasteiger partial charge on any atom is 0.354 e. The van der Waals surface area contributed by atoms with Gasteiger partial charge in [0.15, 0.2) is 0 Å². The van der Waals surface area contributed by atoms with Gasteiger partial charge in [-0.05, 0) is 17.7 Å². The van der Waals surface area contributed by atoms with Crippen molar-refractivity contribution in [1.29, 1.82) is 0 Å². The van der Waals surface area contributed by atoms with Gasteiger partial charge in [0.05, 0.1) is 11.8 Å². The third-order valence-electron chi connectivity index (χ3n) is 1.12. The van der Waals surface area contributed by atoms with Crippen LogP contribution in [0.3, 0.4) is 0 Å². The number of carbonyl (C=O) groups excluding carboxylic acids is 1. The summed E-state index contributed by atoms with van der Waals surface area (Å²) in [6.07, 6.45) is 0.835. The molecule has 1 rings (SSSR count). The van der Waals surface area contributed by atoms with Gasteiger partial charge in [0.1, 0.15) is 0 Å². The van der Waals surface area contributed by atoms with Gasteiger partial charge < -0.3 is 4.18 Å². The van der Waals surface area contributed by atoms with Crippen molar-refractivity contribution in [2.75, 3.05) is 6.26 Å². The Morgan fingerprint density at radius 1 is 1.54 bits per heavy atom. The maximum absolute atomic E-state index is 11.1. The first-order valence-electron chi connectivity index (χ1n) is 3.33. The summed E-state index contributed by atoms with van der Waals surface area (Å²) in [7, 11) is -2.87. The second kappa shape index (κ2) is 3.85. The van der Waals surface area contributed by atoms with Crippen molar-refractivity contribution in [1.82, 2.24) is 0 Å². The fourth-order valence-corrected chi connectivity index (χ4v) is 1.66. The van der Waals surface area contributed by atoms with Crippen LogP contribution >= 0.6 is 8.19 Å². The lowest BCUT2D eigenvalue weighted by Crippen LogP contribution is -2.10. The summed E-state index contributed by atoms with van der Waals surface area (Å²) in [6, 6.07) is 3.17. The number of carbonyl (C=O) groups is 1. The molecule has 0 radical (unpaired) electrons. The average Bonchev–Trinajstić information content (AvgIpc) is 2.03. The van der Waals surface area contributed by atoms with E-state index in [4.69, 9.17) is 0 Å². The molecule has 0 amide bonds. The van der Waals surface area contributed by atoms with Gasteiger partial charge in [0.2, 0.25) is 0 Å². The van der Waals surface area contributed by atoms with Crippen molar-refractivity contribution >= 4 is 24.3 Å². The van der Waals surface area contributed by atoms with E-state index in [-0.39, 0.29) is 5.56 Å². The van der Waals surface area contributed by atoms with Crippen molar-refractivity contribution in [3.63, 3.8) is 0 Å². The lowest BCUT2D eigenvalue weighted by Gasteiger charge is -1.99. The monoisotopic (exact) mass is 218 g/mol. The van der Waals surface area contributed by atoms with Crippen LogP contribution in [0.5, 0.6) is 0 Å². The molecular weight excluding hydrogens is 211 g/mol. The SMILES string of the molecule is CS(=O)(=O)OC(=O)c1cccpc1. The molecule has 0 atom stereocenters. The Balaban J connectivity index is 2.82. The molecule has 1 aromatic heterocycles. The quantitative estimate of drug-likeness (QED) is 0.703. The molecule has 0 N–H and O–H groups in total. The summed E-state index contributed by atoms with van der Waals surface area (Å²) < 4.78 is 25.3. The van der Waals surface area contributed by atoms with Gasteiger partial charge in [-0.3, -0.25) is 0 Å². The Bertz CT molecular complexity index is 398. The van der Waals surface area contributed by atoms with Crippen LogP contribution in [0.15, 0.2) is 23.7 Å². The van der Waals surface area contributed by atoms with Crippen LogP contribution < -0.4 is 0 Å². The first kappa shape index (κ1) is 10.2. The minimum atomic E-state index is -3.71. The van der Waals surface area contributed by atoms with Crippen LogP contribution in [-0.2, 0) is 14.3 Å². The topological polar surface area (TPSA) is 60.4 Å². The maximum atomic E-state index is 11.1. The third-order valence-corrected chi connectivity index (χ3v) is 2.35. The molecule has 0 unspecified atom stereocenters. The molecule has 70 valence electrons. The molecule has 4 nitrogen and oxygen atoms in total. The van der Waals surface area contributed by atoms with Gasteiger partial charge >= 0.3 is 16.1 Å². The minimum absolute atomic E-state index is 0.259. The lowest BCUT2D eigenvalue weighted by atomic mass is 10.3.